The smallest absolute Gasteiger partial charge is 0.241 e. The lowest BCUT2D eigenvalue weighted by atomic mass is 10.1. The van der Waals surface area contributed by atoms with E-state index in [1.165, 1.54) is 0 Å². The number of para-hydroxylation sites is 2. The molecule has 0 aromatic heterocycles. The van der Waals surface area contributed by atoms with Crippen LogP contribution in [0.15, 0.2) is 24.3 Å². The van der Waals surface area contributed by atoms with Gasteiger partial charge in [0.05, 0.1) is 18.3 Å². The highest BCUT2D eigenvalue weighted by Gasteiger charge is 2.14. The van der Waals surface area contributed by atoms with Gasteiger partial charge in [0.15, 0.2) is 0 Å². The molecule has 0 fully saturated rings. The minimum Gasteiger partial charge on any atom is -0.491 e. The molecule has 1 unspecified atom stereocenters. The minimum absolute atomic E-state index is 0. The molecule has 20 heavy (non-hydrogen) atoms. The number of halogens is 1. The molecule has 4 nitrogen and oxygen atoms in total. The van der Waals surface area contributed by atoms with E-state index in [2.05, 4.69) is 12.2 Å². The molecule has 0 bridgehead atoms. The summed E-state index contributed by atoms with van der Waals surface area (Å²) in [4.78, 5) is 11.9. The van der Waals surface area contributed by atoms with E-state index < -0.39 is 6.04 Å². The number of hydrogen-bond acceptors (Lipinski definition) is 3. The maximum Gasteiger partial charge on any atom is 0.241 e. The molecule has 1 rings (SSSR count). The highest BCUT2D eigenvalue weighted by atomic mass is 35.5. The maximum atomic E-state index is 11.9. The molecule has 0 aliphatic carbocycles. The van der Waals surface area contributed by atoms with E-state index in [4.69, 9.17) is 10.5 Å². The molecule has 3 N–H and O–H groups in total. The third-order valence-corrected chi connectivity index (χ3v) is 2.84. The van der Waals surface area contributed by atoms with Crippen LogP contribution in [0.5, 0.6) is 5.75 Å². The summed E-state index contributed by atoms with van der Waals surface area (Å²) in [6, 6.07) is 6.99. The van der Waals surface area contributed by atoms with Crippen LogP contribution in [0.25, 0.3) is 0 Å². The van der Waals surface area contributed by atoms with E-state index >= 15 is 0 Å². The second kappa shape index (κ2) is 10.5. The SMILES string of the molecule is CCCCOc1ccccc1NC(=O)C(N)CCC.Cl. The number of benzene rings is 1. The summed E-state index contributed by atoms with van der Waals surface area (Å²) < 4.78 is 5.66. The molecule has 0 radical (unpaired) electrons. The number of ether oxygens (including phenoxy) is 1. The van der Waals surface area contributed by atoms with Gasteiger partial charge < -0.3 is 15.8 Å². The van der Waals surface area contributed by atoms with E-state index in [-0.39, 0.29) is 18.3 Å². The highest BCUT2D eigenvalue weighted by molar-refractivity contribution is 5.95. The normalized spacial score (nSPS) is 11.3. The Hall–Kier alpha value is -1.26. The van der Waals surface area contributed by atoms with Gasteiger partial charge in [-0.05, 0) is 25.0 Å². The van der Waals surface area contributed by atoms with Gasteiger partial charge in [0.1, 0.15) is 5.75 Å². The third-order valence-electron chi connectivity index (χ3n) is 2.84. The lowest BCUT2D eigenvalue weighted by Gasteiger charge is -2.14. The first-order valence-electron chi connectivity index (χ1n) is 6.97. The molecule has 0 spiro atoms. The summed E-state index contributed by atoms with van der Waals surface area (Å²) >= 11 is 0. The summed E-state index contributed by atoms with van der Waals surface area (Å²) in [5.74, 6) is 0.543. The van der Waals surface area contributed by atoms with Crippen LogP contribution in [0, 0.1) is 0 Å². The Morgan fingerprint density at radius 1 is 1.30 bits per heavy atom. The van der Waals surface area contributed by atoms with Crippen LogP contribution in [0.2, 0.25) is 0 Å². The summed E-state index contributed by atoms with van der Waals surface area (Å²) in [5.41, 5.74) is 6.48. The number of carbonyl (C=O) groups excluding carboxylic acids is 1. The number of amides is 1. The van der Waals surface area contributed by atoms with Crippen molar-refractivity contribution in [3.63, 3.8) is 0 Å². The Morgan fingerprint density at radius 2 is 2.00 bits per heavy atom. The summed E-state index contributed by atoms with van der Waals surface area (Å²) in [6.45, 7) is 4.78. The van der Waals surface area contributed by atoms with Crippen LogP contribution in [0.1, 0.15) is 39.5 Å². The fraction of sp³-hybridized carbons (Fsp3) is 0.533. The Labute approximate surface area is 127 Å². The molecule has 0 saturated carbocycles. The minimum atomic E-state index is -0.464. The van der Waals surface area contributed by atoms with E-state index in [0.717, 1.165) is 19.3 Å². The van der Waals surface area contributed by atoms with Gasteiger partial charge in [-0.2, -0.15) is 0 Å². The van der Waals surface area contributed by atoms with Crippen LogP contribution in [0.4, 0.5) is 5.69 Å². The lowest BCUT2D eigenvalue weighted by molar-refractivity contribution is -0.117. The second-order valence-electron chi connectivity index (χ2n) is 4.58. The molecule has 0 aliphatic heterocycles. The van der Waals surface area contributed by atoms with Crippen LogP contribution < -0.4 is 15.8 Å². The van der Waals surface area contributed by atoms with Crippen molar-refractivity contribution in [1.82, 2.24) is 0 Å². The monoisotopic (exact) mass is 300 g/mol. The van der Waals surface area contributed by atoms with E-state index in [1.807, 2.05) is 31.2 Å². The van der Waals surface area contributed by atoms with Crippen LogP contribution in [0.3, 0.4) is 0 Å². The molecule has 1 amide bonds. The van der Waals surface area contributed by atoms with Crippen LogP contribution in [-0.4, -0.2) is 18.6 Å². The van der Waals surface area contributed by atoms with Crippen molar-refractivity contribution in [1.29, 1.82) is 0 Å². The number of nitrogens with two attached hydrogens (primary N) is 1. The van der Waals surface area contributed by atoms with Gasteiger partial charge in [-0.1, -0.05) is 38.8 Å². The van der Waals surface area contributed by atoms with E-state index in [1.54, 1.807) is 0 Å². The van der Waals surface area contributed by atoms with Gasteiger partial charge in [-0.15, -0.1) is 12.4 Å². The number of nitrogens with one attached hydrogen (secondary N) is 1. The Balaban J connectivity index is 0.00000361. The van der Waals surface area contributed by atoms with E-state index in [9.17, 15) is 4.79 Å². The van der Waals surface area contributed by atoms with Crippen molar-refractivity contribution in [3.8, 4) is 5.75 Å². The maximum absolute atomic E-state index is 11.9. The average molecular weight is 301 g/mol. The number of hydrogen-bond donors (Lipinski definition) is 2. The molecule has 114 valence electrons. The van der Waals surface area contributed by atoms with Crippen molar-refractivity contribution < 1.29 is 9.53 Å². The van der Waals surface area contributed by atoms with Crippen molar-refractivity contribution in [2.75, 3.05) is 11.9 Å². The fourth-order valence-corrected chi connectivity index (χ4v) is 1.69. The molecule has 0 heterocycles. The highest BCUT2D eigenvalue weighted by Crippen LogP contribution is 2.24. The van der Waals surface area contributed by atoms with Crippen molar-refractivity contribution in [2.24, 2.45) is 5.73 Å². The van der Waals surface area contributed by atoms with Crippen LogP contribution >= 0.6 is 12.4 Å². The predicted molar refractivity (Wildman–Crippen MR) is 85.6 cm³/mol. The molecule has 1 atom stereocenters. The largest absolute Gasteiger partial charge is 0.491 e. The molecule has 0 saturated heterocycles. The first-order valence-corrected chi connectivity index (χ1v) is 6.97. The first-order chi connectivity index (χ1) is 9.19. The van der Waals surface area contributed by atoms with Crippen molar-refractivity contribution in [2.45, 2.75) is 45.6 Å². The Morgan fingerprint density at radius 3 is 2.65 bits per heavy atom. The lowest BCUT2D eigenvalue weighted by Crippen LogP contribution is -2.35. The fourth-order valence-electron chi connectivity index (χ4n) is 1.69. The van der Waals surface area contributed by atoms with Crippen LogP contribution in [-0.2, 0) is 4.79 Å². The number of anilines is 1. The third kappa shape index (κ3) is 6.26. The van der Waals surface area contributed by atoms with E-state index in [0.29, 0.717) is 24.5 Å². The summed E-state index contributed by atoms with van der Waals surface area (Å²) in [5, 5.41) is 2.83. The Kier molecular flexibility index (Phi) is 9.86. The zero-order valence-corrected chi connectivity index (χ0v) is 13.0. The predicted octanol–water partition coefficient (Wildman–Crippen LogP) is 3.35. The molecule has 5 heteroatoms. The molecular formula is C15H25ClN2O2. The zero-order valence-electron chi connectivity index (χ0n) is 12.2. The molecule has 1 aromatic carbocycles. The number of unbranched alkanes of at least 4 members (excludes halogenated alkanes) is 1. The molecule has 1 aromatic rings. The first kappa shape index (κ1) is 18.7. The van der Waals surface area contributed by atoms with Crippen molar-refractivity contribution >= 4 is 24.0 Å². The molecule has 0 aliphatic rings. The average Bonchev–Trinajstić information content (AvgIpc) is 2.41. The standard InChI is InChI=1S/C15H24N2O2.ClH/c1-3-5-11-19-14-10-7-6-9-13(14)17-15(18)12(16)8-4-2;/h6-7,9-10,12H,3-5,8,11,16H2,1-2H3,(H,17,18);1H. The zero-order chi connectivity index (χ0) is 14.1. The molecular weight excluding hydrogens is 276 g/mol. The van der Waals surface area contributed by atoms with Gasteiger partial charge in [-0.3, -0.25) is 4.79 Å². The quantitative estimate of drug-likeness (QED) is 0.724. The van der Waals surface area contributed by atoms with Crippen molar-refractivity contribution in [3.05, 3.63) is 24.3 Å². The van der Waals surface area contributed by atoms with Gasteiger partial charge in [-0.25, -0.2) is 0 Å². The summed E-state index contributed by atoms with van der Waals surface area (Å²) in [7, 11) is 0. The Bertz CT molecular complexity index is 399. The number of rotatable bonds is 8. The van der Waals surface area contributed by atoms with Gasteiger partial charge in [0, 0.05) is 0 Å². The topological polar surface area (TPSA) is 64.3 Å². The number of carbonyl (C=O) groups is 1. The van der Waals surface area contributed by atoms with Gasteiger partial charge in [0.25, 0.3) is 0 Å². The van der Waals surface area contributed by atoms with Gasteiger partial charge >= 0.3 is 0 Å². The van der Waals surface area contributed by atoms with Gasteiger partial charge in [0.2, 0.25) is 5.91 Å². The summed E-state index contributed by atoms with van der Waals surface area (Å²) in [6.07, 6.45) is 3.65. The second-order valence-corrected chi connectivity index (χ2v) is 4.58.